The molecule has 0 saturated carbocycles. The standard InChI is InChI=1S/C29H48N5O6S2.H3N.Y/c1-19(15-22-27-29(3,18-42-22)12-8-14-40-33-27)10-11-25(37)32-31-24(36)9-6-5-7-13-34-26(38)16-23(28(34)39)41-17-21(30-4)20(2)35;;/h19,21-23,27,30H,5-18H2,1-4H3,(H,31,36)(H,32,37);1H3;/q-1;;/t19?,21-,22-,23?,27-,29-;;/m0../s1. The van der Waals surface area contributed by atoms with Crippen LogP contribution in [0.25, 0.3) is 5.48 Å². The van der Waals surface area contributed by atoms with E-state index in [1.54, 1.807) is 7.05 Å². The molecule has 6 atom stereocenters. The number of carbonyl (C=O) groups excluding carboxylic acids is 5. The minimum absolute atomic E-state index is 0. The second kappa shape index (κ2) is 20.6. The third kappa shape index (κ3) is 12.5. The van der Waals surface area contributed by atoms with Gasteiger partial charge < -0.3 is 21.8 Å². The van der Waals surface area contributed by atoms with E-state index in [0.29, 0.717) is 55.8 Å². The van der Waals surface area contributed by atoms with Gasteiger partial charge in [-0.25, -0.2) is 0 Å². The molecule has 3 aliphatic heterocycles. The zero-order valence-corrected chi connectivity index (χ0v) is 31.2. The predicted octanol–water partition coefficient (Wildman–Crippen LogP) is 3.29. The van der Waals surface area contributed by atoms with Crippen LogP contribution in [0.3, 0.4) is 0 Å². The molecule has 6 N–H and O–H groups in total. The van der Waals surface area contributed by atoms with Gasteiger partial charge in [0.25, 0.3) is 0 Å². The maximum Gasteiger partial charge on any atom is 0.242 e. The molecular formula is C29H51N6O6S2Y-. The molecular weight excluding hydrogens is 681 g/mol. The average Bonchev–Trinajstić information content (AvgIpc) is 3.30. The van der Waals surface area contributed by atoms with E-state index in [-0.39, 0.29) is 98.6 Å². The number of nitrogens with zero attached hydrogens (tertiary/aromatic N) is 2. The Morgan fingerprint density at radius 1 is 1.16 bits per heavy atom. The third-order valence-electron chi connectivity index (χ3n) is 8.50. The minimum atomic E-state index is -0.450. The Hall–Kier alpha value is -0.606. The fraction of sp³-hybridized carbons (Fsp3) is 0.828. The molecule has 3 fully saturated rings. The molecule has 0 aromatic carbocycles. The molecule has 0 aromatic heterocycles. The van der Waals surface area contributed by atoms with Crippen LogP contribution < -0.4 is 22.3 Å². The third-order valence-corrected chi connectivity index (χ3v) is 11.5. The summed E-state index contributed by atoms with van der Waals surface area (Å²) >= 11 is 3.31. The first-order valence-electron chi connectivity index (χ1n) is 15.2. The van der Waals surface area contributed by atoms with Crippen molar-refractivity contribution in [1.29, 1.82) is 0 Å². The normalized spacial score (nSPS) is 26.1. The van der Waals surface area contributed by atoms with E-state index in [2.05, 4.69) is 35.5 Å². The van der Waals surface area contributed by atoms with Crippen molar-refractivity contribution in [3.05, 3.63) is 5.48 Å². The van der Waals surface area contributed by atoms with Crippen LogP contribution in [0.4, 0.5) is 0 Å². The summed E-state index contributed by atoms with van der Waals surface area (Å²) in [5, 5.41) is 2.89. The number of rotatable bonds is 16. The monoisotopic (exact) mass is 732 g/mol. The van der Waals surface area contributed by atoms with Gasteiger partial charge in [-0.3, -0.25) is 39.7 Å². The van der Waals surface area contributed by atoms with E-state index in [1.807, 2.05) is 11.8 Å². The van der Waals surface area contributed by atoms with Gasteiger partial charge in [-0.05, 0) is 74.8 Å². The maximum absolute atomic E-state index is 12.6. The fourth-order valence-corrected chi connectivity index (χ4v) is 9.02. The van der Waals surface area contributed by atoms with E-state index in [0.717, 1.165) is 31.4 Å². The molecule has 249 valence electrons. The van der Waals surface area contributed by atoms with Gasteiger partial charge in [-0.15, -0.1) is 11.8 Å². The average molecular weight is 733 g/mol. The Bertz CT molecular complexity index is 981. The number of nitrogens with one attached hydrogen (secondary N) is 3. The van der Waals surface area contributed by atoms with Crippen molar-refractivity contribution in [3.8, 4) is 0 Å². The number of amides is 4. The number of imide groups is 1. The SMILES string of the molecule is CN[C@@H](CSC1CC(=O)N(CCCCCC(=O)NNC(=O)CCC(C)C[C@@H]2SC[C@]3(C)CCCO[N-][C@@H]23)C1=O)C(C)=O.N.[Y]. The molecule has 15 heteroatoms. The molecule has 4 amide bonds. The summed E-state index contributed by atoms with van der Waals surface area (Å²) in [6.07, 6.45) is 6.54. The Morgan fingerprint density at radius 3 is 2.55 bits per heavy atom. The van der Waals surface area contributed by atoms with Crippen molar-refractivity contribution in [2.45, 2.75) is 108 Å². The number of carbonyl (C=O) groups is 5. The van der Waals surface area contributed by atoms with Crippen LogP contribution in [0.5, 0.6) is 0 Å². The van der Waals surface area contributed by atoms with E-state index >= 15 is 0 Å². The Balaban J connectivity index is 0.00000484. The Kier molecular flexibility index (Phi) is 19.4. The summed E-state index contributed by atoms with van der Waals surface area (Å²) in [7, 11) is 1.70. The summed E-state index contributed by atoms with van der Waals surface area (Å²) in [6, 6.07) is -0.124. The van der Waals surface area contributed by atoms with Crippen LogP contribution in [-0.2, 0) is 61.5 Å². The molecule has 3 heterocycles. The molecule has 0 aliphatic carbocycles. The second-order valence-electron chi connectivity index (χ2n) is 12.1. The van der Waals surface area contributed by atoms with Crippen LogP contribution in [0.15, 0.2) is 0 Å². The minimum Gasteiger partial charge on any atom is -0.530 e. The molecule has 44 heavy (non-hydrogen) atoms. The van der Waals surface area contributed by atoms with Gasteiger partial charge in [0.15, 0.2) is 0 Å². The number of ketones is 1. The zero-order chi connectivity index (χ0) is 30.7. The number of unbranched alkanes of at least 4 members (excludes halogenated alkanes) is 2. The van der Waals surface area contributed by atoms with Gasteiger partial charge in [0, 0.05) is 70.9 Å². The van der Waals surface area contributed by atoms with Crippen molar-refractivity contribution in [3.63, 3.8) is 0 Å². The predicted molar refractivity (Wildman–Crippen MR) is 171 cm³/mol. The van der Waals surface area contributed by atoms with E-state index in [1.165, 1.54) is 23.6 Å². The molecule has 3 saturated heterocycles. The number of hydrazine groups is 1. The zero-order valence-electron chi connectivity index (χ0n) is 26.7. The number of Topliss-reactive ketones (excluding diaryl/α,β-unsaturated/α-hetero) is 1. The van der Waals surface area contributed by atoms with Gasteiger partial charge >= 0.3 is 0 Å². The summed E-state index contributed by atoms with van der Waals surface area (Å²) in [5.41, 5.74) is 9.74. The molecule has 0 bridgehead atoms. The van der Waals surface area contributed by atoms with Crippen LogP contribution in [0.1, 0.15) is 85.0 Å². The summed E-state index contributed by atoms with van der Waals surface area (Å²) in [6.45, 7) is 7.01. The molecule has 0 spiro atoms. The first kappa shape index (κ1) is 41.4. The number of thioether (sulfide) groups is 2. The van der Waals surface area contributed by atoms with Crippen molar-refractivity contribution in [2.75, 3.05) is 31.7 Å². The summed E-state index contributed by atoms with van der Waals surface area (Å²) < 4.78 is 0. The first-order valence-corrected chi connectivity index (χ1v) is 17.3. The smallest absolute Gasteiger partial charge is 0.242 e. The summed E-state index contributed by atoms with van der Waals surface area (Å²) in [5.74, 6) is 1.05. The van der Waals surface area contributed by atoms with Crippen LogP contribution in [-0.4, -0.2) is 88.6 Å². The van der Waals surface area contributed by atoms with Gasteiger partial charge in [0.1, 0.15) is 5.78 Å². The summed E-state index contributed by atoms with van der Waals surface area (Å²) in [4.78, 5) is 67.8. The van der Waals surface area contributed by atoms with Crippen molar-refractivity contribution in [2.24, 2.45) is 11.3 Å². The largest absolute Gasteiger partial charge is 0.530 e. The number of hydroxylamine groups is 1. The topological polar surface area (TPSA) is 183 Å². The van der Waals surface area contributed by atoms with Crippen LogP contribution in [0.2, 0.25) is 0 Å². The quantitative estimate of drug-likeness (QED) is 0.104. The van der Waals surface area contributed by atoms with Crippen LogP contribution in [0, 0.1) is 11.3 Å². The first-order chi connectivity index (χ1) is 20.0. The molecule has 3 aliphatic rings. The van der Waals surface area contributed by atoms with E-state index < -0.39 is 5.25 Å². The molecule has 2 unspecified atom stereocenters. The van der Waals surface area contributed by atoms with Crippen LogP contribution >= 0.6 is 23.5 Å². The van der Waals surface area contributed by atoms with E-state index in [4.69, 9.17) is 4.84 Å². The van der Waals surface area contributed by atoms with Gasteiger partial charge in [0.05, 0.1) is 11.3 Å². The van der Waals surface area contributed by atoms with Gasteiger partial charge in [-0.2, -0.15) is 11.8 Å². The number of fused-ring (bicyclic) bond motifs is 1. The van der Waals surface area contributed by atoms with Crippen molar-refractivity contribution < 1.29 is 61.5 Å². The van der Waals surface area contributed by atoms with Gasteiger partial charge in [-0.1, -0.05) is 26.3 Å². The molecule has 1 radical (unpaired) electrons. The van der Waals surface area contributed by atoms with Crippen molar-refractivity contribution >= 4 is 52.9 Å². The number of hydrogen-bond donors (Lipinski definition) is 4. The maximum atomic E-state index is 12.6. The molecule has 3 rings (SSSR count). The Labute approximate surface area is 296 Å². The number of likely N-dealkylation sites (N-methyl/N-ethyl adjacent to an activating group) is 1. The molecule has 12 nitrogen and oxygen atoms in total. The fourth-order valence-electron chi connectivity index (χ4n) is 5.73. The molecule has 0 aromatic rings. The second-order valence-corrected chi connectivity index (χ2v) is 14.6. The van der Waals surface area contributed by atoms with Crippen molar-refractivity contribution in [1.82, 2.24) is 27.2 Å². The Morgan fingerprint density at radius 2 is 1.86 bits per heavy atom. The number of likely N-dealkylation sites (tertiary alicyclic amines) is 1. The van der Waals surface area contributed by atoms with Gasteiger partial charge in [0.2, 0.25) is 23.6 Å². The number of hydrogen-bond acceptors (Lipinski definition) is 10. The van der Waals surface area contributed by atoms with E-state index in [9.17, 15) is 24.0 Å².